The largest absolute Gasteiger partial charge is 0.443 e. The molecule has 7 heteroatoms. The van der Waals surface area contributed by atoms with E-state index in [1.165, 1.54) is 11.0 Å². The first-order valence-electron chi connectivity index (χ1n) is 7.30. The minimum Gasteiger partial charge on any atom is -0.443 e. The number of hydrogen-bond donors (Lipinski definition) is 1. The molecule has 0 fully saturated rings. The lowest BCUT2D eigenvalue weighted by Crippen LogP contribution is -2.56. The summed E-state index contributed by atoms with van der Waals surface area (Å²) in [5.74, 6) is 0. The lowest BCUT2D eigenvalue weighted by Gasteiger charge is -2.44. The Morgan fingerprint density at radius 2 is 1.87 bits per heavy atom. The molecule has 128 valence electrons. The molecule has 1 amide bonds. The van der Waals surface area contributed by atoms with Crippen molar-refractivity contribution in [2.45, 2.75) is 51.9 Å². The maximum atomic E-state index is 12.9. The van der Waals surface area contributed by atoms with Crippen LogP contribution in [0.25, 0.3) is 0 Å². The Balaban J connectivity index is 2.45. The molecule has 0 bridgehead atoms. The number of fused-ring (bicyclic) bond motifs is 1. The summed E-state index contributed by atoms with van der Waals surface area (Å²) in [7, 11) is 0. The van der Waals surface area contributed by atoms with Gasteiger partial charge in [-0.15, -0.1) is 0 Å². The van der Waals surface area contributed by atoms with Crippen molar-refractivity contribution < 1.29 is 22.7 Å². The van der Waals surface area contributed by atoms with Gasteiger partial charge in [-0.05, 0) is 52.8 Å². The summed E-state index contributed by atoms with van der Waals surface area (Å²) in [4.78, 5) is 13.9. The molecule has 4 nitrogen and oxygen atoms in total. The minimum atomic E-state index is -4.43. The maximum absolute atomic E-state index is 12.9. The highest BCUT2D eigenvalue weighted by Crippen LogP contribution is 2.40. The van der Waals surface area contributed by atoms with Gasteiger partial charge in [0.25, 0.3) is 0 Å². The number of amides is 1. The number of anilines is 2. The van der Waals surface area contributed by atoms with Crippen molar-refractivity contribution in [3.8, 4) is 0 Å². The number of carbonyl (C=O) groups is 1. The number of ether oxygens (including phenoxy) is 1. The quantitative estimate of drug-likeness (QED) is 0.753. The average Bonchev–Trinajstić information content (AvgIpc) is 2.33. The van der Waals surface area contributed by atoms with Crippen LogP contribution in [-0.4, -0.2) is 23.8 Å². The lowest BCUT2D eigenvalue weighted by atomic mass is 9.97. The third-order valence-electron chi connectivity index (χ3n) is 3.46. The molecule has 0 radical (unpaired) electrons. The second-order valence-electron chi connectivity index (χ2n) is 7.21. The molecule has 1 N–H and O–H groups in total. The molecule has 0 saturated carbocycles. The monoisotopic (exact) mass is 330 g/mol. The molecule has 1 aromatic rings. The van der Waals surface area contributed by atoms with Gasteiger partial charge in [0.1, 0.15) is 5.60 Å². The van der Waals surface area contributed by atoms with Gasteiger partial charge < -0.3 is 10.1 Å². The van der Waals surface area contributed by atoms with E-state index in [1.54, 1.807) is 20.8 Å². The first kappa shape index (κ1) is 17.4. The summed E-state index contributed by atoms with van der Waals surface area (Å²) in [6.45, 7) is 9.20. The summed E-state index contributed by atoms with van der Waals surface area (Å²) >= 11 is 0. The summed E-state index contributed by atoms with van der Waals surface area (Å²) in [5, 5.41) is 2.96. The molecular weight excluding hydrogens is 309 g/mol. The third kappa shape index (κ3) is 3.71. The van der Waals surface area contributed by atoms with Crippen molar-refractivity contribution in [1.82, 2.24) is 0 Å². The van der Waals surface area contributed by atoms with Gasteiger partial charge in [0.15, 0.2) is 0 Å². The van der Waals surface area contributed by atoms with Gasteiger partial charge in [0.2, 0.25) is 0 Å². The molecule has 2 rings (SSSR count). The van der Waals surface area contributed by atoms with Crippen LogP contribution in [0.2, 0.25) is 0 Å². The van der Waals surface area contributed by atoms with Crippen LogP contribution in [0.1, 0.15) is 40.2 Å². The van der Waals surface area contributed by atoms with E-state index in [0.29, 0.717) is 12.2 Å². The Morgan fingerprint density at radius 1 is 1.26 bits per heavy atom. The van der Waals surface area contributed by atoms with Gasteiger partial charge in [-0.1, -0.05) is 0 Å². The number of rotatable bonds is 0. The van der Waals surface area contributed by atoms with E-state index in [1.807, 2.05) is 13.8 Å². The summed E-state index contributed by atoms with van der Waals surface area (Å²) in [5.41, 5.74) is -1.43. The molecule has 0 atom stereocenters. The van der Waals surface area contributed by atoms with Crippen LogP contribution in [0.5, 0.6) is 0 Å². The van der Waals surface area contributed by atoms with E-state index < -0.39 is 29.0 Å². The van der Waals surface area contributed by atoms with Crippen molar-refractivity contribution in [3.05, 3.63) is 23.8 Å². The van der Waals surface area contributed by atoms with E-state index in [0.717, 1.165) is 12.1 Å². The molecule has 1 aliphatic heterocycles. The fourth-order valence-corrected chi connectivity index (χ4v) is 2.42. The second kappa shape index (κ2) is 5.32. The molecule has 23 heavy (non-hydrogen) atoms. The van der Waals surface area contributed by atoms with Gasteiger partial charge in [0, 0.05) is 6.54 Å². The second-order valence-corrected chi connectivity index (χ2v) is 7.21. The van der Waals surface area contributed by atoms with Crippen molar-refractivity contribution in [2.24, 2.45) is 0 Å². The van der Waals surface area contributed by atoms with Crippen LogP contribution >= 0.6 is 0 Å². The Morgan fingerprint density at radius 3 is 2.39 bits per heavy atom. The van der Waals surface area contributed by atoms with Crippen LogP contribution < -0.4 is 10.2 Å². The fourth-order valence-electron chi connectivity index (χ4n) is 2.42. The average molecular weight is 330 g/mol. The third-order valence-corrected chi connectivity index (χ3v) is 3.46. The SMILES string of the molecule is CC(C)(C)OC(=O)N1c2ccc(C(F)(F)F)cc2NCC1(C)C. The summed E-state index contributed by atoms with van der Waals surface area (Å²) < 4.78 is 44.0. The topological polar surface area (TPSA) is 41.6 Å². The number of benzene rings is 1. The molecule has 1 aliphatic rings. The number of carbonyl (C=O) groups excluding carboxylic acids is 1. The van der Waals surface area contributed by atoms with E-state index >= 15 is 0 Å². The summed E-state index contributed by atoms with van der Waals surface area (Å²) in [6, 6.07) is 3.29. The Labute approximate surface area is 133 Å². The molecular formula is C16H21F3N2O2. The van der Waals surface area contributed by atoms with Gasteiger partial charge in [0.05, 0.1) is 22.5 Å². The highest BCUT2D eigenvalue weighted by molar-refractivity contribution is 5.95. The zero-order chi connectivity index (χ0) is 17.6. The van der Waals surface area contributed by atoms with E-state index in [9.17, 15) is 18.0 Å². The van der Waals surface area contributed by atoms with E-state index in [-0.39, 0.29) is 5.69 Å². The van der Waals surface area contributed by atoms with Gasteiger partial charge in [-0.3, -0.25) is 4.90 Å². The van der Waals surface area contributed by atoms with Crippen LogP contribution in [0.3, 0.4) is 0 Å². The first-order chi connectivity index (χ1) is 10.3. The van der Waals surface area contributed by atoms with Crippen LogP contribution in [0, 0.1) is 0 Å². The fraction of sp³-hybridized carbons (Fsp3) is 0.562. The summed E-state index contributed by atoms with van der Waals surface area (Å²) in [6.07, 6.45) is -5.01. The molecule has 1 heterocycles. The molecule has 0 saturated heterocycles. The smallest absolute Gasteiger partial charge is 0.416 e. The van der Waals surface area contributed by atoms with Gasteiger partial charge in [-0.2, -0.15) is 13.2 Å². The van der Waals surface area contributed by atoms with Crippen molar-refractivity contribution in [1.29, 1.82) is 0 Å². The van der Waals surface area contributed by atoms with Crippen molar-refractivity contribution in [3.63, 3.8) is 0 Å². The predicted molar refractivity (Wildman–Crippen MR) is 82.7 cm³/mol. The zero-order valence-electron chi connectivity index (χ0n) is 13.8. The van der Waals surface area contributed by atoms with E-state index in [2.05, 4.69) is 5.32 Å². The number of nitrogens with one attached hydrogen (secondary N) is 1. The van der Waals surface area contributed by atoms with Gasteiger partial charge >= 0.3 is 12.3 Å². The number of nitrogens with zero attached hydrogens (tertiary/aromatic N) is 1. The Kier molecular flexibility index (Phi) is 4.03. The molecule has 0 aliphatic carbocycles. The van der Waals surface area contributed by atoms with Crippen molar-refractivity contribution in [2.75, 3.05) is 16.8 Å². The zero-order valence-corrected chi connectivity index (χ0v) is 13.8. The molecule has 0 aromatic heterocycles. The van der Waals surface area contributed by atoms with E-state index in [4.69, 9.17) is 4.74 Å². The molecule has 1 aromatic carbocycles. The number of alkyl halides is 3. The predicted octanol–water partition coefficient (Wildman–Crippen LogP) is 4.65. The standard InChI is InChI=1S/C16H21F3N2O2/c1-14(2,3)23-13(22)21-12-7-6-10(16(17,18)19)8-11(12)20-9-15(21,4)5/h6-8,20H,9H2,1-5H3. The highest BCUT2D eigenvalue weighted by atomic mass is 19.4. The Hall–Kier alpha value is -1.92. The van der Waals surface area contributed by atoms with Gasteiger partial charge in [-0.25, -0.2) is 4.79 Å². The molecule has 0 unspecified atom stereocenters. The maximum Gasteiger partial charge on any atom is 0.416 e. The minimum absolute atomic E-state index is 0.269. The first-order valence-corrected chi connectivity index (χ1v) is 7.30. The van der Waals surface area contributed by atoms with Crippen LogP contribution in [0.15, 0.2) is 18.2 Å². The normalized spacial score (nSPS) is 17.3. The molecule has 0 spiro atoms. The van der Waals surface area contributed by atoms with Crippen LogP contribution in [-0.2, 0) is 10.9 Å². The van der Waals surface area contributed by atoms with Crippen molar-refractivity contribution >= 4 is 17.5 Å². The lowest BCUT2D eigenvalue weighted by molar-refractivity contribution is -0.137. The number of halogens is 3. The number of hydrogen-bond acceptors (Lipinski definition) is 3. The highest BCUT2D eigenvalue weighted by Gasteiger charge is 2.41. The Bertz CT molecular complexity index is 619. The van der Waals surface area contributed by atoms with Crippen LogP contribution in [0.4, 0.5) is 29.3 Å².